The lowest BCUT2D eigenvalue weighted by Gasteiger charge is -2.27. The van der Waals surface area contributed by atoms with Crippen molar-refractivity contribution in [2.24, 2.45) is 5.92 Å². The Hall–Kier alpha value is -1.33. The van der Waals surface area contributed by atoms with Crippen LogP contribution in [0.4, 0.5) is 4.39 Å². The van der Waals surface area contributed by atoms with Crippen LogP contribution in [0.5, 0.6) is 5.75 Å². The van der Waals surface area contributed by atoms with Crippen LogP contribution in [-0.4, -0.2) is 44.1 Å². The van der Waals surface area contributed by atoms with Gasteiger partial charge in [0, 0.05) is 20.1 Å². The molecule has 1 aliphatic rings. The zero-order valence-corrected chi connectivity index (χ0v) is 13.7. The number of piperidine rings is 1. The predicted octanol–water partition coefficient (Wildman–Crippen LogP) is 2.47. The molecule has 0 bridgehead atoms. The molecular formula is C16H24ClFN2O2. The average Bonchev–Trinajstić information content (AvgIpc) is 2.53. The van der Waals surface area contributed by atoms with Gasteiger partial charge >= 0.3 is 0 Å². The van der Waals surface area contributed by atoms with E-state index in [1.807, 2.05) is 7.05 Å². The highest BCUT2D eigenvalue weighted by Crippen LogP contribution is 2.13. The Bertz CT molecular complexity index is 450. The maximum absolute atomic E-state index is 12.7. The van der Waals surface area contributed by atoms with E-state index in [1.54, 1.807) is 17.0 Å². The normalized spacial score (nSPS) is 17.5. The average molecular weight is 331 g/mol. The summed E-state index contributed by atoms with van der Waals surface area (Å²) >= 11 is 0. The van der Waals surface area contributed by atoms with E-state index in [0.717, 1.165) is 32.4 Å². The Kier molecular flexibility index (Phi) is 8.20. The van der Waals surface area contributed by atoms with Gasteiger partial charge in [0.2, 0.25) is 5.91 Å². The van der Waals surface area contributed by atoms with Gasteiger partial charge in [-0.3, -0.25) is 4.79 Å². The van der Waals surface area contributed by atoms with E-state index >= 15 is 0 Å². The molecule has 0 aromatic heterocycles. The molecule has 1 amide bonds. The van der Waals surface area contributed by atoms with Crippen molar-refractivity contribution in [3.8, 4) is 5.75 Å². The standard InChI is InChI=1S/C16H23FN2O2.ClH/c1-19(16(20)13-4-2-9-18-12-13)10-3-11-21-15-7-5-14(17)6-8-15;/h5-8,13,18H,2-4,9-12H2,1H3;1H. The Morgan fingerprint density at radius 1 is 1.41 bits per heavy atom. The van der Waals surface area contributed by atoms with Gasteiger partial charge < -0.3 is 15.0 Å². The van der Waals surface area contributed by atoms with Crippen molar-refractivity contribution in [1.82, 2.24) is 10.2 Å². The first-order valence-corrected chi connectivity index (χ1v) is 7.51. The topological polar surface area (TPSA) is 41.6 Å². The summed E-state index contributed by atoms with van der Waals surface area (Å²) in [6.45, 7) is 3.00. The van der Waals surface area contributed by atoms with Gasteiger partial charge in [0.25, 0.3) is 0 Å². The fourth-order valence-electron chi connectivity index (χ4n) is 2.51. The molecule has 1 aromatic carbocycles. The monoisotopic (exact) mass is 330 g/mol. The molecule has 4 nitrogen and oxygen atoms in total. The van der Waals surface area contributed by atoms with Crippen LogP contribution >= 0.6 is 12.4 Å². The van der Waals surface area contributed by atoms with Crippen LogP contribution in [0.2, 0.25) is 0 Å². The number of carbonyl (C=O) groups excluding carboxylic acids is 1. The second-order valence-electron chi connectivity index (χ2n) is 5.46. The summed E-state index contributed by atoms with van der Waals surface area (Å²) in [5, 5.41) is 3.26. The zero-order valence-electron chi connectivity index (χ0n) is 12.9. The van der Waals surface area contributed by atoms with Gasteiger partial charge in [0.05, 0.1) is 12.5 Å². The number of rotatable bonds is 6. The third-order valence-electron chi connectivity index (χ3n) is 3.74. The second-order valence-corrected chi connectivity index (χ2v) is 5.46. The molecule has 2 rings (SSSR count). The van der Waals surface area contributed by atoms with E-state index in [2.05, 4.69) is 5.32 Å². The Morgan fingerprint density at radius 3 is 2.77 bits per heavy atom. The van der Waals surface area contributed by atoms with E-state index in [1.165, 1.54) is 12.1 Å². The first kappa shape index (κ1) is 18.7. The van der Waals surface area contributed by atoms with Crippen molar-refractivity contribution >= 4 is 18.3 Å². The molecule has 1 atom stereocenters. The first-order valence-electron chi connectivity index (χ1n) is 7.51. The fraction of sp³-hybridized carbons (Fsp3) is 0.562. The maximum Gasteiger partial charge on any atom is 0.226 e. The Morgan fingerprint density at radius 2 is 2.14 bits per heavy atom. The summed E-state index contributed by atoms with van der Waals surface area (Å²) in [5.41, 5.74) is 0. The highest BCUT2D eigenvalue weighted by Gasteiger charge is 2.23. The van der Waals surface area contributed by atoms with Gasteiger partial charge in [0.15, 0.2) is 0 Å². The van der Waals surface area contributed by atoms with Gasteiger partial charge in [-0.05, 0) is 50.1 Å². The minimum absolute atomic E-state index is 0. The molecule has 1 saturated heterocycles. The smallest absolute Gasteiger partial charge is 0.226 e. The molecule has 22 heavy (non-hydrogen) atoms. The van der Waals surface area contributed by atoms with E-state index in [-0.39, 0.29) is 30.0 Å². The van der Waals surface area contributed by atoms with Crippen molar-refractivity contribution in [1.29, 1.82) is 0 Å². The molecule has 1 unspecified atom stereocenters. The SMILES string of the molecule is CN(CCCOc1ccc(F)cc1)C(=O)C1CCCNC1.Cl. The molecule has 0 saturated carbocycles. The molecular weight excluding hydrogens is 307 g/mol. The van der Waals surface area contributed by atoms with Gasteiger partial charge in [-0.1, -0.05) is 0 Å². The lowest BCUT2D eigenvalue weighted by molar-refractivity contribution is -0.134. The number of carbonyl (C=O) groups is 1. The van der Waals surface area contributed by atoms with E-state index in [9.17, 15) is 9.18 Å². The van der Waals surface area contributed by atoms with Crippen LogP contribution in [0.15, 0.2) is 24.3 Å². The van der Waals surface area contributed by atoms with Crippen LogP contribution in [-0.2, 0) is 4.79 Å². The highest BCUT2D eigenvalue weighted by atomic mass is 35.5. The molecule has 1 aromatic rings. The number of amides is 1. The third-order valence-corrected chi connectivity index (χ3v) is 3.74. The minimum atomic E-state index is -0.270. The Labute approximate surface area is 137 Å². The molecule has 124 valence electrons. The summed E-state index contributed by atoms with van der Waals surface area (Å²) < 4.78 is 18.3. The summed E-state index contributed by atoms with van der Waals surface area (Å²) in [5.74, 6) is 0.710. The molecule has 6 heteroatoms. The first-order chi connectivity index (χ1) is 10.2. The number of halogens is 2. The van der Waals surface area contributed by atoms with Crippen molar-refractivity contribution in [2.75, 3.05) is 33.3 Å². The highest BCUT2D eigenvalue weighted by molar-refractivity contribution is 5.85. The van der Waals surface area contributed by atoms with Crippen LogP contribution in [0, 0.1) is 11.7 Å². The van der Waals surface area contributed by atoms with Gasteiger partial charge in [-0.2, -0.15) is 0 Å². The predicted molar refractivity (Wildman–Crippen MR) is 87.0 cm³/mol. The van der Waals surface area contributed by atoms with Crippen LogP contribution < -0.4 is 10.1 Å². The Balaban J connectivity index is 0.00000242. The van der Waals surface area contributed by atoms with Gasteiger partial charge in [-0.15, -0.1) is 12.4 Å². The summed E-state index contributed by atoms with van der Waals surface area (Å²) in [6, 6.07) is 5.97. The van der Waals surface area contributed by atoms with Gasteiger partial charge in [0.1, 0.15) is 11.6 Å². The van der Waals surface area contributed by atoms with Crippen molar-refractivity contribution in [2.45, 2.75) is 19.3 Å². The number of hydrogen-bond acceptors (Lipinski definition) is 3. The number of hydrogen-bond donors (Lipinski definition) is 1. The molecule has 1 fully saturated rings. The van der Waals surface area contributed by atoms with E-state index in [0.29, 0.717) is 18.9 Å². The number of benzene rings is 1. The summed E-state index contributed by atoms with van der Waals surface area (Å²) in [7, 11) is 1.84. The van der Waals surface area contributed by atoms with Crippen LogP contribution in [0.3, 0.4) is 0 Å². The minimum Gasteiger partial charge on any atom is -0.494 e. The maximum atomic E-state index is 12.7. The van der Waals surface area contributed by atoms with Crippen molar-refractivity contribution < 1.29 is 13.9 Å². The largest absolute Gasteiger partial charge is 0.494 e. The lowest BCUT2D eigenvalue weighted by atomic mass is 9.98. The van der Waals surface area contributed by atoms with E-state index < -0.39 is 0 Å². The van der Waals surface area contributed by atoms with Crippen molar-refractivity contribution in [3.05, 3.63) is 30.1 Å². The third kappa shape index (κ3) is 5.81. The number of nitrogens with zero attached hydrogens (tertiary/aromatic N) is 1. The summed E-state index contributed by atoms with van der Waals surface area (Å²) in [6.07, 6.45) is 2.81. The lowest BCUT2D eigenvalue weighted by Crippen LogP contribution is -2.41. The van der Waals surface area contributed by atoms with Crippen LogP contribution in [0.25, 0.3) is 0 Å². The molecule has 1 heterocycles. The fourth-order valence-corrected chi connectivity index (χ4v) is 2.51. The molecule has 0 aliphatic carbocycles. The zero-order chi connectivity index (χ0) is 15.1. The molecule has 1 aliphatic heterocycles. The quantitative estimate of drug-likeness (QED) is 0.815. The van der Waals surface area contributed by atoms with Crippen LogP contribution in [0.1, 0.15) is 19.3 Å². The number of nitrogens with one attached hydrogen (secondary N) is 1. The number of ether oxygens (including phenoxy) is 1. The second kappa shape index (κ2) is 9.64. The van der Waals surface area contributed by atoms with Gasteiger partial charge in [-0.25, -0.2) is 4.39 Å². The molecule has 1 N–H and O–H groups in total. The van der Waals surface area contributed by atoms with E-state index in [4.69, 9.17) is 4.74 Å². The molecule has 0 radical (unpaired) electrons. The van der Waals surface area contributed by atoms with Crippen molar-refractivity contribution in [3.63, 3.8) is 0 Å². The summed E-state index contributed by atoms with van der Waals surface area (Å²) in [4.78, 5) is 14.0. The molecule has 0 spiro atoms.